The lowest BCUT2D eigenvalue weighted by Crippen LogP contribution is -2.16. The number of hydrogen-bond donors (Lipinski definition) is 0. The highest BCUT2D eigenvalue weighted by Crippen LogP contribution is 2.22. The molecular formula is C17H18N2O2S2. The van der Waals surface area contributed by atoms with E-state index in [0.717, 1.165) is 10.2 Å². The molecule has 3 aromatic rings. The number of aryl methyl sites for hydroxylation is 3. The van der Waals surface area contributed by atoms with Crippen molar-refractivity contribution in [2.75, 3.05) is 0 Å². The molecule has 3 rings (SSSR count). The summed E-state index contributed by atoms with van der Waals surface area (Å²) in [5.41, 5.74) is 3.41. The Kier molecular flexibility index (Phi) is 4.12. The molecule has 0 atom stereocenters. The molecule has 6 heteroatoms. The molecule has 0 amide bonds. The quantitative estimate of drug-likeness (QED) is 0.727. The van der Waals surface area contributed by atoms with Crippen molar-refractivity contribution in [3.05, 3.63) is 58.4 Å². The van der Waals surface area contributed by atoms with Gasteiger partial charge >= 0.3 is 0 Å². The second kappa shape index (κ2) is 5.94. The van der Waals surface area contributed by atoms with Crippen LogP contribution >= 0.6 is 11.3 Å². The molecule has 120 valence electrons. The summed E-state index contributed by atoms with van der Waals surface area (Å²) >= 11 is 1.41. The van der Waals surface area contributed by atoms with E-state index in [0.29, 0.717) is 11.3 Å². The summed E-state index contributed by atoms with van der Waals surface area (Å²) in [6.45, 7) is 6.79. The molecule has 0 bridgehead atoms. The summed E-state index contributed by atoms with van der Waals surface area (Å²) in [5.74, 6) is 0. The molecule has 4 nitrogen and oxygen atoms in total. The maximum Gasteiger partial charge on any atom is 0.285 e. The third kappa shape index (κ3) is 2.96. The zero-order valence-corrected chi connectivity index (χ0v) is 14.9. The molecule has 0 saturated heterocycles. The van der Waals surface area contributed by atoms with E-state index >= 15 is 0 Å². The minimum atomic E-state index is -3.70. The third-order valence-electron chi connectivity index (χ3n) is 3.85. The van der Waals surface area contributed by atoms with E-state index in [9.17, 15) is 8.42 Å². The summed E-state index contributed by atoms with van der Waals surface area (Å²) < 4.78 is 32.1. The SMILES string of the molecule is CCn1c(=NS(=O)(=O)c2ccccc2)sc2cc(C)c(C)cc21. The normalized spacial score (nSPS) is 12.9. The molecule has 0 aliphatic carbocycles. The van der Waals surface area contributed by atoms with Crippen molar-refractivity contribution < 1.29 is 8.42 Å². The molecule has 0 spiro atoms. The average Bonchev–Trinajstić information content (AvgIpc) is 2.84. The zero-order valence-electron chi connectivity index (χ0n) is 13.3. The Labute approximate surface area is 139 Å². The molecule has 0 N–H and O–H groups in total. The highest BCUT2D eigenvalue weighted by molar-refractivity contribution is 7.90. The molecule has 0 aliphatic rings. The molecule has 0 fully saturated rings. The monoisotopic (exact) mass is 346 g/mol. The maximum atomic E-state index is 12.5. The second-order valence-electron chi connectivity index (χ2n) is 5.41. The van der Waals surface area contributed by atoms with Gasteiger partial charge in [0.1, 0.15) is 0 Å². The Morgan fingerprint density at radius 2 is 1.74 bits per heavy atom. The lowest BCUT2D eigenvalue weighted by molar-refractivity contribution is 0.595. The van der Waals surface area contributed by atoms with Crippen molar-refractivity contribution in [2.45, 2.75) is 32.2 Å². The summed E-state index contributed by atoms with van der Waals surface area (Å²) in [5, 5.41) is 0. The fourth-order valence-electron chi connectivity index (χ4n) is 2.45. The van der Waals surface area contributed by atoms with Gasteiger partial charge in [0.2, 0.25) is 4.80 Å². The van der Waals surface area contributed by atoms with E-state index < -0.39 is 10.0 Å². The van der Waals surface area contributed by atoms with Gasteiger partial charge in [0.25, 0.3) is 10.0 Å². The maximum absolute atomic E-state index is 12.5. The van der Waals surface area contributed by atoms with E-state index in [1.54, 1.807) is 30.3 Å². The largest absolute Gasteiger partial charge is 0.316 e. The molecule has 2 aromatic carbocycles. The van der Waals surface area contributed by atoms with Gasteiger partial charge in [-0.3, -0.25) is 0 Å². The van der Waals surface area contributed by atoms with E-state index in [1.165, 1.54) is 22.5 Å². The topological polar surface area (TPSA) is 51.4 Å². The van der Waals surface area contributed by atoms with Gasteiger partial charge in [0, 0.05) is 6.54 Å². The molecule has 23 heavy (non-hydrogen) atoms. The first kappa shape index (κ1) is 16.0. The van der Waals surface area contributed by atoms with Gasteiger partial charge in [-0.05, 0) is 56.2 Å². The molecule has 0 saturated carbocycles. The van der Waals surface area contributed by atoms with Gasteiger partial charge in [0.15, 0.2) is 0 Å². The predicted molar refractivity (Wildman–Crippen MR) is 94.2 cm³/mol. The molecule has 0 aliphatic heterocycles. The van der Waals surface area contributed by atoms with Gasteiger partial charge < -0.3 is 4.57 Å². The lowest BCUT2D eigenvalue weighted by atomic mass is 10.1. The Morgan fingerprint density at radius 3 is 2.39 bits per heavy atom. The molecule has 0 unspecified atom stereocenters. The molecular weight excluding hydrogens is 328 g/mol. The first-order valence-corrected chi connectivity index (χ1v) is 9.64. The van der Waals surface area contributed by atoms with Crippen LogP contribution in [0.3, 0.4) is 0 Å². The number of fused-ring (bicyclic) bond motifs is 1. The zero-order chi connectivity index (χ0) is 16.6. The number of hydrogen-bond acceptors (Lipinski definition) is 3. The molecule has 0 radical (unpaired) electrons. The number of rotatable bonds is 3. The van der Waals surface area contributed by atoms with Gasteiger partial charge in [-0.25, -0.2) is 0 Å². The van der Waals surface area contributed by atoms with Gasteiger partial charge in [-0.2, -0.15) is 8.42 Å². The van der Waals surface area contributed by atoms with Crippen LogP contribution < -0.4 is 4.80 Å². The standard InChI is InChI=1S/C17H18N2O2S2/c1-4-19-15-10-12(2)13(3)11-16(15)22-17(19)18-23(20,21)14-8-6-5-7-9-14/h5-11H,4H2,1-3H3. The number of aromatic nitrogens is 1. The minimum Gasteiger partial charge on any atom is -0.316 e. The van der Waals surface area contributed by atoms with Crippen LogP contribution in [-0.2, 0) is 16.6 Å². The average molecular weight is 346 g/mol. The van der Waals surface area contributed by atoms with E-state index in [-0.39, 0.29) is 4.90 Å². The Morgan fingerprint density at radius 1 is 1.09 bits per heavy atom. The fourth-order valence-corrected chi connectivity index (χ4v) is 4.84. The smallest absolute Gasteiger partial charge is 0.285 e. The number of nitrogens with zero attached hydrogens (tertiary/aromatic N) is 2. The van der Waals surface area contributed by atoms with Crippen LogP contribution in [0.5, 0.6) is 0 Å². The lowest BCUT2D eigenvalue weighted by Gasteiger charge is -2.03. The van der Waals surface area contributed by atoms with E-state index in [2.05, 4.69) is 30.4 Å². The Bertz CT molecular complexity index is 1030. The summed E-state index contributed by atoms with van der Waals surface area (Å²) in [4.78, 5) is 0.726. The van der Waals surface area contributed by atoms with E-state index in [1.807, 2.05) is 11.5 Å². The highest BCUT2D eigenvalue weighted by Gasteiger charge is 2.14. The van der Waals surface area contributed by atoms with Crippen molar-refractivity contribution in [1.82, 2.24) is 4.57 Å². The van der Waals surface area contributed by atoms with Crippen LogP contribution in [0, 0.1) is 13.8 Å². The molecule has 1 aromatic heterocycles. The fraction of sp³-hybridized carbons (Fsp3) is 0.235. The van der Waals surface area contributed by atoms with Crippen LogP contribution in [0.15, 0.2) is 51.8 Å². The van der Waals surface area contributed by atoms with Gasteiger partial charge in [-0.1, -0.05) is 29.5 Å². The van der Waals surface area contributed by atoms with Crippen molar-refractivity contribution in [3.8, 4) is 0 Å². The number of benzene rings is 2. The van der Waals surface area contributed by atoms with Crippen LogP contribution in [-0.4, -0.2) is 13.0 Å². The third-order valence-corrected chi connectivity index (χ3v) is 6.29. The first-order valence-electron chi connectivity index (χ1n) is 7.39. The van der Waals surface area contributed by atoms with Crippen molar-refractivity contribution in [2.24, 2.45) is 4.40 Å². The summed E-state index contributed by atoms with van der Waals surface area (Å²) in [6, 6.07) is 12.5. The first-order chi connectivity index (χ1) is 10.9. The Hall–Kier alpha value is -1.92. The molecule has 1 heterocycles. The van der Waals surface area contributed by atoms with E-state index in [4.69, 9.17) is 0 Å². The van der Waals surface area contributed by atoms with Gasteiger partial charge in [-0.15, -0.1) is 4.40 Å². The van der Waals surface area contributed by atoms with Crippen LogP contribution in [0.25, 0.3) is 10.2 Å². The van der Waals surface area contributed by atoms with Crippen molar-refractivity contribution in [1.29, 1.82) is 0 Å². The predicted octanol–water partition coefficient (Wildman–Crippen LogP) is 3.63. The second-order valence-corrected chi connectivity index (χ2v) is 8.03. The number of sulfonamides is 1. The summed E-state index contributed by atoms with van der Waals surface area (Å²) in [6.07, 6.45) is 0. The Balaban J connectivity index is 2.28. The van der Waals surface area contributed by atoms with Gasteiger partial charge in [0.05, 0.1) is 15.1 Å². The van der Waals surface area contributed by atoms with Crippen LogP contribution in [0.2, 0.25) is 0 Å². The minimum absolute atomic E-state index is 0.215. The van der Waals surface area contributed by atoms with Crippen LogP contribution in [0.4, 0.5) is 0 Å². The van der Waals surface area contributed by atoms with Crippen molar-refractivity contribution >= 4 is 31.6 Å². The number of thiazole rings is 1. The van der Waals surface area contributed by atoms with Crippen LogP contribution in [0.1, 0.15) is 18.1 Å². The highest BCUT2D eigenvalue weighted by atomic mass is 32.2. The summed E-state index contributed by atoms with van der Waals surface area (Å²) in [7, 11) is -3.70. The van der Waals surface area contributed by atoms with Crippen molar-refractivity contribution in [3.63, 3.8) is 0 Å².